The third-order valence-electron chi connectivity index (χ3n) is 2.42. The molecule has 14 heavy (non-hydrogen) atoms. The van der Waals surface area contributed by atoms with Gasteiger partial charge in [-0.1, -0.05) is 36.4 Å². The molecule has 0 atom stereocenters. The molecule has 0 bridgehead atoms. The zero-order valence-electron chi connectivity index (χ0n) is 8.02. The number of nitrogens with zero attached hydrogens (tertiary/aromatic N) is 1. The van der Waals surface area contributed by atoms with Crippen molar-refractivity contribution in [3.63, 3.8) is 0 Å². The third kappa shape index (κ3) is 2.09. The summed E-state index contributed by atoms with van der Waals surface area (Å²) in [5, 5.41) is 0. The molecule has 0 aliphatic carbocycles. The van der Waals surface area contributed by atoms with E-state index in [-0.39, 0.29) is 0 Å². The molecule has 1 aromatic carbocycles. The smallest absolute Gasteiger partial charge is 0.147 e. The number of hydrogen-bond acceptors (Lipinski definition) is 2. The van der Waals surface area contributed by atoms with Crippen LogP contribution in [0.4, 0.5) is 0 Å². The van der Waals surface area contributed by atoms with Crippen molar-refractivity contribution in [1.82, 2.24) is 4.90 Å². The number of rotatable bonds is 3. The van der Waals surface area contributed by atoms with Crippen molar-refractivity contribution in [1.29, 1.82) is 0 Å². The quantitative estimate of drug-likeness (QED) is 0.670. The van der Waals surface area contributed by atoms with Crippen LogP contribution in [0.2, 0.25) is 0 Å². The Morgan fingerprint density at radius 3 is 2.71 bits per heavy atom. The van der Waals surface area contributed by atoms with E-state index in [0.29, 0.717) is 0 Å². The van der Waals surface area contributed by atoms with Crippen molar-refractivity contribution in [2.24, 2.45) is 0 Å². The molecule has 0 amide bonds. The van der Waals surface area contributed by atoms with Gasteiger partial charge in [-0.3, -0.25) is 9.69 Å². The number of hydrogen-bond donors (Lipinski definition) is 0. The van der Waals surface area contributed by atoms with Crippen molar-refractivity contribution in [3.05, 3.63) is 47.5 Å². The molecule has 0 radical (unpaired) electrons. The number of carbonyl (C=O) groups excluding carboxylic acids is 1. The zero-order chi connectivity index (χ0) is 9.80. The van der Waals surface area contributed by atoms with Gasteiger partial charge in [0.15, 0.2) is 0 Å². The molecule has 0 unspecified atom stereocenters. The number of benzene rings is 1. The average molecular weight is 187 g/mol. The van der Waals surface area contributed by atoms with E-state index in [4.69, 9.17) is 0 Å². The molecule has 0 fully saturated rings. The van der Waals surface area contributed by atoms with E-state index in [1.807, 2.05) is 24.3 Å². The highest BCUT2D eigenvalue weighted by Gasteiger charge is 2.12. The molecule has 0 saturated carbocycles. The van der Waals surface area contributed by atoms with Gasteiger partial charge in [0.25, 0.3) is 0 Å². The van der Waals surface area contributed by atoms with E-state index in [1.165, 1.54) is 5.56 Å². The first-order valence-electron chi connectivity index (χ1n) is 4.79. The average Bonchev–Trinajstić information content (AvgIpc) is 2.67. The Hall–Kier alpha value is -1.41. The lowest BCUT2D eigenvalue weighted by atomic mass is 10.2. The highest BCUT2D eigenvalue weighted by Crippen LogP contribution is 2.11. The van der Waals surface area contributed by atoms with Crippen LogP contribution in [-0.2, 0) is 11.3 Å². The lowest BCUT2D eigenvalue weighted by molar-refractivity contribution is -0.105. The highest BCUT2D eigenvalue weighted by atomic mass is 16.1. The van der Waals surface area contributed by atoms with Gasteiger partial charge in [0.05, 0.1) is 0 Å². The third-order valence-corrected chi connectivity index (χ3v) is 2.42. The van der Waals surface area contributed by atoms with Crippen molar-refractivity contribution >= 4 is 6.29 Å². The molecule has 2 heteroatoms. The SMILES string of the molecule is O=CC1=CCN(Cc2ccccc2)C1. The minimum atomic E-state index is 0.790. The van der Waals surface area contributed by atoms with Crippen LogP contribution in [0.3, 0.4) is 0 Å². The highest BCUT2D eigenvalue weighted by molar-refractivity contribution is 5.74. The van der Waals surface area contributed by atoms with E-state index in [0.717, 1.165) is 31.5 Å². The molecule has 2 nitrogen and oxygen atoms in total. The molecule has 2 rings (SSSR count). The van der Waals surface area contributed by atoms with Crippen molar-refractivity contribution in [2.75, 3.05) is 13.1 Å². The second-order valence-electron chi connectivity index (χ2n) is 3.55. The molecule has 1 aliphatic rings. The molecular weight excluding hydrogens is 174 g/mol. The topological polar surface area (TPSA) is 20.3 Å². The van der Waals surface area contributed by atoms with Gasteiger partial charge in [0.2, 0.25) is 0 Å². The standard InChI is InChI=1S/C12H13NO/c14-10-12-6-7-13(9-12)8-11-4-2-1-3-5-11/h1-6,10H,7-9H2. The monoisotopic (exact) mass is 187 g/mol. The fraction of sp³-hybridized carbons (Fsp3) is 0.250. The van der Waals surface area contributed by atoms with E-state index in [2.05, 4.69) is 17.0 Å². The van der Waals surface area contributed by atoms with Crippen molar-refractivity contribution in [2.45, 2.75) is 6.54 Å². The fourth-order valence-corrected chi connectivity index (χ4v) is 1.68. The van der Waals surface area contributed by atoms with E-state index < -0.39 is 0 Å². The fourth-order valence-electron chi connectivity index (χ4n) is 1.68. The molecule has 1 aliphatic heterocycles. The zero-order valence-corrected chi connectivity index (χ0v) is 8.02. The lowest BCUT2D eigenvalue weighted by Gasteiger charge is -2.14. The molecule has 0 spiro atoms. The molecule has 0 saturated heterocycles. The van der Waals surface area contributed by atoms with Gasteiger partial charge in [-0.15, -0.1) is 0 Å². The van der Waals surface area contributed by atoms with Crippen LogP contribution in [0.15, 0.2) is 42.0 Å². The van der Waals surface area contributed by atoms with Gasteiger partial charge in [-0.2, -0.15) is 0 Å². The minimum absolute atomic E-state index is 0.790. The van der Waals surface area contributed by atoms with E-state index in [1.54, 1.807) is 0 Å². The Morgan fingerprint density at radius 2 is 2.07 bits per heavy atom. The Labute approximate surface area is 83.8 Å². The van der Waals surface area contributed by atoms with Crippen LogP contribution in [-0.4, -0.2) is 24.3 Å². The lowest BCUT2D eigenvalue weighted by Crippen LogP contribution is -2.20. The molecular formula is C12H13NO. The first-order valence-corrected chi connectivity index (χ1v) is 4.79. The predicted molar refractivity (Wildman–Crippen MR) is 55.9 cm³/mol. The van der Waals surface area contributed by atoms with Crippen molar-refractivity contribution < 1.29 is 4.79 Å². The van der Waals surface area contributed by atoms with Crippen LogP contribution in [0.1, 0.15) is 5.56 Å². The van der Waals surface area contributed by atoms with Gasteiger partial charge in [-0.05, 0) is 5.56 Å². The normalized spacial score (nSPS) is 16.7. The van der Waals surface area contributed by atoms with E-state index >= 15 is 0 Å². The Morgan fingerprint density at radius 1 is 1.29 bits per heavy atom. The summed E-state index contributed by atoms with van der Waals surface area (Å²) < 4.78 is 0. The summed E-state index contributed by atoms with van der Waals surface area (Å²) in [6, 6.07) is 10.3. The van der Waals surface area contributed by atoms with Crippen LogP contribution in [0.5, 0.6) is 0 Å². The first-order chi connectivity index (χ1) is 6.88. The summed E-state index contributed by atoms with van der Waals surface area (Å²) in [4.78, 5) is 12.8. The van der Waals surface area contributed by atoms with Gasteiger partial charge < -0.3 is 0 Å². The second kappa shape index (κ2) is 4.20. The minimum Gasteiger partial charge on any atom is -0.298 e. The summed E-state index contributed by atoms with van der Waals surface area (Å²) in [6.07, 6.45) is 2.95. The number of aldehydes is 1. The van der Waals surface area contributed by atoms with Gasteiger partial charge in [-0.25, -0.2) is 0 Å². The molecule has 0 aromatic heterocycles. The second-order valence-corrected chi connectivity index (χ2v) is 3.55. The Kier molecular flexibility index (Phi) is 2.75. The first kappa shape index (κ1) is 9.16. The number of carbonyl (C=O) groups is 1. The summed E-state index contributed by atoms with van der Waals surface area (Å²) >= 11 is 0. The van der Waals surface area contributed by atoms with Crippen LogP contribution < -0.4 is 0 Å². The van der Waals surface area contributed by atoms with E-state index in [9.17, 15) is 4.79 Å². The summed E-state index contributed by atoms with van der Waals surface area (Å²) in [6.45, 7) is 2.61. The summed E-state index contributed by atoms with van der Waals surface area (Å²) in [5.41, 5.74) is 2.20. The molecule has 1 aromatic rings. The largest absolute Gasteiger partial charge is 0.298 e. The molecule has 0 N–H and O–H groups in total. The van der Waals surface area contributed by atoms with Crippen LogP contribution >= 0.6 is 0 Å². The summed E-state index contributed by atoms with van der Waals surface area (Å²) in [5.74, 6) is 0. The van der Waals surface area contributed by atoms with Gasteiger partial charge in [0.1, 0.15) is 6.29 Å². The van der Waals surface area contributed by atoms with Gasteiger partial charge >= 0.3 is 0 Å². The molecule has 72 valence electrons. The summed E-state index contributed by atoms with van der Waals surface area (Å²) in [7, 11) is 0. The molecule has 1 heterocycles. The Balaban J connectivity index is 1.92. The maximum absolute atomic E-state index is 10.5. The van der Waals surface area contributed by atoms with Crippen LogP contribution in [0.25, 0.3) is 0 Å². The van der Waals surface area contributed by atoms with Crippen molar-refractivity contribution in [3.8, 4) is 0 Å². The maximum Gasteiger partial charge on any atom is 0.147 e. The van der Waals surface area contributed by atoms with Gasteiger partial charge in [0, 0.05) is 25.2 Å². The maximum atomic E-state index is 10.5. The Bertz CT molecular complexity index is 343. The van der Waals surface area contributed by atoms with Crippen LogP contribution in [0, 0.1) is 0 Å². The predicted octanol–water partition coefficient (Wildman–Crippen LogP) is 1.63.